The fourth-order valence-electron chi connectivity index (χ4n) is 3.07. The molecule has 0 amide bonds. The second kappa shape index (κ2) is 4.00. The van der Waals surface area contributed by atoms with Gasteiger partial charge in [-0.25, -0.2) is 4.98 Å². The third-order valence-electron chi connectivity index (χ3n) is 3.81. The Morgan fingerprint density at radius 1 is 1.50 bits per heavy atom. The second-order valence-electron chi connectivity index (χ2n) is 4.83. The van der Waals surface area contributed by atoms with E-state index in [0.29, 0.717) is 12.6 Å². The number of fused-ring (bicyclic) bond motifs is 2. The molecule has 2 N–H and O–H groups in total. The van der Waals surface area contributed by atoms with Crippen molar-refractivity contribution in [2.24, 2.45) is 11.7 Å². The molecule has 2 heterocycles. The minimum Gasteiger partial charge on any atom is -0.353 e. The van der Waals surface area contributed by atoms with Gasteiger partial charge in [-0.05, 0) is 47.2 Å². The van der Waals surface area contributed by atoms with E-state index in [0.717, 1.165) is 21.8 Å². The molecule has 1 aliphatic carbocycles. The van der Waals surface area contributed by atoms with Crippen LogP contribution in [0.1, 0.15) is 24.8 Å². The van der Waals surface area contributed by atoms with Crippen LogP contribution in [0, 0.1) is 5.92 Å². The Kier molecular flexibility index (Phi) is 2.64. The lowest BCUT2D eigenvalue weighted by Crippen LogP contribution is -2.33. The number of nitrogens with zero attached hydrogens (tertiary/aromatic N) is 2. The van der Waals surface area contributed by atoms with Crippen molar-refractivity contribution >= 4 is 21.7 Å². The first kappa shape index (κ1) is 10.5. The molecule has 2 bridgehead atoms. The predicted octanol–water partition coefficient (Wildman–Crippen LogP) is 2.29. The molecule has 86 valence electrons. The van der Waals surface area contributed by atoms with Crippen LogP contribution in [0.2, 0.25) is 0 Å². The average molecular weight is 282 g/mol. The molecule has 3 nitrogen and oxygen atoms in total. The van der Waals surface area contributed by atoms with E-state index in [1.54, 1.807) is 0 Å². The Bertz CT molecular complexity index is 407. The number of rotatable bonds is 2. The van der Waals surface area contributed by atoms with E-state index < -0.39 is 0 Å². The van der Waals surface area contributed by atoms with Crippen molar-refractivity contribution in [3.05, 3.63) is 22.3 Å². The number of halogens is 1. The Morgan fingerprint density at radius 3 is 3.00 bits per heavy atom. The van der Waals surface area contributed by atoms with E-state index in [-0.39, 0.29) is 0 Å². The van der Waals surface area contributed by atoms with Crippen LogP contribution in [0.25, 0.3) is 0 Å². The number of hydrogen-bond acceptors (Lipinski definition) is 3. The number of anilines is 1. The quantitative estimate of drug-likeness (QED) is 0.905. The number of nitrogens with two attached hydrogens (primary N) is 1. The van der Waals surface area contributed by atoms with Gasteiger partial charge in [-0.1, -0.05) is 0 Å². The molecule has 2 aliphatic rings. The number of hydrogen-bond donors (Lipinski definition) is 1. The van der Waals surface area contributed by atoms with Crippen LogP contribution in [-0.4, -0.2) is 17.6 Å². The highest BCUT2D eigenvalue weighted by atomic mass is 79.9. The fraction of sp³-hybridized carbons (Fsp3) is 0.583. The highest BCUT2D eigenvalue weighted by Crippen LogP contribution is 2.40. The molecule has 0 spiro atoms. The van der Waals surface area contributed by atoms with Crippen molar-refractivity contribution in [1.82, 2.24) is 4.98 Å². The highest BCUT2D eigenvalue weighted by molar-refractivity contribution is 9.10. The molecule has 4 heteroatoms. The average Bonchev–Trinajstić information content (AvgIpc) is 2.90. The van der Waals surface area contributed by atoms with Gasteiger partial charge in [0.15, 0.2) is 0 Å². The Hall–Kier alpha value is -0.610. The first-order chi connectivity index (χ1) is 7.78. The Labute approximate surface area is 104 Å². The monoisotopic (exact) mass is 281 g/mol. The maximum Gasteiger partial charge on any atom is 0.133 e. The van der Waals surface area contributed by atoms with Gasteiger partial charge in [-0.15, -0.1) is 0 Å². The van der Waals surface area contributed by atoms with Gasteiger partial charge in [0.05, 0.1) is 0 Å². The van der Waals surface area contributed by atoms with Crippen molar-refractivity contribution in [1.29, 1.82) is 0 Å². The van der Waals surface area contributed by atoms with Crippen molar-refractivity contribution in [2.45, 2.75) is 31.8 Å². The molecule has 16 heavy (non-hydrogen) atoms. The summed E-state index contributed by atoms with van der Waals surface area (Å²) in [6.45, 7) is 1.74. The van der Waals surface area contributed by atoms with Crippen LogP contribution >= 0.6 is 15.9 Å². The van der Waals surface area contributed by atoms with Gasteiger partial charge < -0.3 is 10.6 Å². The maximum atomic E-state index is 5.80. The van der Waals surface area contributed by atoms with E-state index in [1.165, 1.54) is 25.8 Å². The normalized spacial score (nSPS) is 27.8. The summed E-state index contributed by atoms with van der Waals surface area (Å²) in [5.41, 5.74) is 6.95. The van der Waals surface area contributed by atoms with Crippen LogP contribution in [0.4, 0.5) is 5.82 Å². The van der Waals surface area contributed by atoms with Gasteiger partial charge in [0.25, 0.3) is 0 Å². The van der Waals surface area contributed by atoms with Gasteiger partial charge in [-0.3, -0.25) is 0 Å². The summed E-state index contributed by atoms with van der Waals surface area (Å²) in [6, 6.07) is 2.80. The molecule has 0 aromatic carbocycles. The topological polar surface area (TPSA) is 42.1 Å². The summed E-state index contributed by atoms with van der Waals surface area (Å²) in [6.07, 6.45) is 5.95. The molecule has 1 aliphatic heterocycles. The third kappa shape index (κ3) is 1.64. The summed E-state index contributed by atoms with van der Waals surface area (Å²) in [7, 11) is 0. The summed E-state index contributed by atoms with van der Waals surface area (Å²) in [5, 5.41) is 0. The zero-order valence-electron chi connectivity index (χ0n) is 9.19. The van der Waals surface area contributed by atoms with Crippen molar-refractivity contribution in [2.75, 3.05) is 11.4 Å². The van der Waals surface area contributed by atoms with E-state index in [2.05, 4.69) is 31.9 Å². The molecule has 2 fully saturated rings. The Balaban J connectivity index is 1.94. The zero-order chi connectivity index (χ0) is 11.1. The molecule has 2 atom stereocenters. The largest absolute Gasteiger partial charge is 0.353 e. The minimum atomic E-state index is 0.565. The summed E-state index contributed by atoms with van der Waals surface area (Å²) in [4.78, 5) is 7.01. The van der Waals surface area contributed by atoms with Crippen LogP contribution in [-0.2, 0) is 6.54 Å². The minimum absolute atomic E-state index is 0.565. The summed E-state index contributed by atoms with van der Waals surface area (Å²) >= 11 is 3.45. The SMILES string of the molecule is NCc1cc(Br)cnc1N1CC2CCC1C2. The lowest BCUT2D eigenvalue weighted by Gasteiger charge is -2.29. The van der Waals surface area contributed by atoms with Crippen LogP contribution in [0.3, 0.4) is 0 Å². The first-order valence-corrected chi connectivity index (χ1v) is 6.68. The summed E-state index contributed by atoms with van der Waals surface area (Å²) < 4.78 is 1.01. The summed E-state index contributed by atoms with van der Waals surface area (Å²) in [5.74, 6) is 2.00. The second-order valence-corrected chi connectivity index (χ2v) is 5.74. The molecule has 1 aromatic heterocycles. The maximum absolute atomic E-state index is 5.80. The zero-order valence-corrected chi connectivity index (χ0v) is 10.8. The molecule has 2 unspecified atom stereocenters. The van der Waals surface area contributed by atoms with Gasteiger partial charge in [0.1, 0.15) is 5.82 Å². The van der Waals surface area contributed by atoms with E-state index >= 15 is 0 Å². The third-order valence-corrected chi connectivity index (χ3v) is 4.24. The molecule has 1 saturated heterocycles. The van der Waals surface area contributed by atoms with Crippen LogP contribution in [0.5, 0.6) is 0 Å². The molecule has 1 aromatic rings. The molecular weight excluding hydrogens is 266 g/mol. The lowest BCUT2D eigenvalue weighted by molar-refractivity contribution is 0.549. The fourth-order valence-corrected chi connectivity index (χ4v) is 3.45. The van der Waals surface area contributed by atoms with E-state index in [1.807, 2.05) is 6.20 Å². The van der Waals surface area contributed by atoms with E-state index in [9.17, 15) is 0 Å². The Morgan fingerprint density at radius 2 is 2.38 bits per heavy atom. The molecule has 3 rings (SSSR count). The smallest absolute Gasteiger partial charge is 0.133 e. The predicted molar refractivity (Wildman–Crippen MR) is 68.3 cm³/mol. The first-order valence-electron chi connectivity index (χ1n) is 5.89. The number of aromatic nitrogens is 1. The van der Waals surface area contributed by atoms with Gasteiger partial charge in [-0.2, -0.15) is 0 Å². The van der Waals surface area contributed by atoms with Crippen molar-refractivity contribution in [3.63, 3.8) is 0 Å². The van der Waals surface area contributed by atoms with E-state index in [4.69, 9.17) is 5.73 Å². The van der Waals surface area contributed by atoms with Crippen LogP contribution in [0.15, 0.2) is 16.7 Å². The number of pyridine rings is 1. The van der Waals surface area contributed by atoms with Gasteiger partial charge >= 0.3 is 0 Å². The van der Waals surface area contributed by atoms with Gasteiger partial charge in [0, 0.05) is 35.4 Å². The van der Waals surface area contributed by atoms with Crippen LogP contribution < -0.4 is 10.6 Å². The van der Waals surface area contributed by atoms with Gasteiger partial charge in [0.2, 0.25) is 0 Å². The lowest BCUT2D eigenvalue weighted by atomic mass is 10.1. The standard InChI is InChI=1S/C12H16BrN3/c13-10-4-9(5-14)12(15-6-10)16-7-8-1-2-11(16)3-8/h4,6,8,11H,1-3,5,7,14H2. The molecule has 1 saturated carbocycles. The number of piperidine rings is 1. The highest BCUT2D eigenvalue weighted by Gasteiger charge is 2.38. The van der Waals surface area contributed by atoms with Crippen molar-refractivity contribution in [3.8, 4) is 0 Å². The molecular formula is C12H16BrN3. The molecule has 0 radical (unpaired) electrons. The van der Waals surface area contributed by atoms with Crippen molar-refractivity contribution < 1.29 is 0 Å².